The average Bonchev–Trinajstić information content (AvgIpc) is 2.90. The molecule has 104 valence electrons. The third-order valence-electron chi connectivity index (χ3n) is 3.78. The van der Waals surface area contributed by atoms with Gasteiger partial charge in [0, 0.05) is 6.54 Å². The lowest BCUT2D eigenvalue weighted by molar-refractivity contribution is 0.0696. The van der Waals surface area contributed by atoms with Gasteiger partial charge < -0.3 is 15.1 Å². The van der Waals surface area contributed by atoms with Gasteiger partial charge in [-0.2, -0.15) is 0 Å². The van der Waals surface area contributed by atoms with E-state index in [1.807, 2.05) is 6.92 Å². The zero-order valence-corrected chi connectivity index (χ0v) is 11.2. The van der Waals surface area contributed by atoms with E-state index >= 15 is 0 Å². The molecule has 0 aliphatic carbocycles. The van der Waals surface area contributed by atoms with Gasteiger partial charge in [-0.25, -0.2) is 4.79 Å². The number of carbonyl (C=O) groups is 1. The number of likely N-dealkylation sites (tertiary alicyclic amines) is 1. The Balaban J connectivity index is 1.97. The highest BCUT2D eigenvalue weighted by atomic mass is 16.4. The van der Waals surface area contributed by atoms with Gasteiger partial charge in [0.1, 0.15) is 0 Å². The molecule has 0 bridgehead atoms. The maximum Gasteiger partial charge on any atom is 0.335 e. The fourth-order valence-corrected chi connectivity index (χ4v) is 2.62. The third-order valence-corrected chi connectivity index (χ3v) is 3.78. The monoisotopic (exact) mass is 263 g/mol. The van der Waals surface area contributed by atoms with Crippen molar-refractivity contribution in [2.24, 2.45) is 5.92 Å². The highest BCUT2D eigenvalue weighted by molar-refractivity contribution is 5.87. The molecular formula is C15H21NO3. The van der Waals surface area contributed by atoms with Crippen LogP contribution in [0.3, 0.4) is 0 Å². The first-order valence-corrected chi connectivity index (χ1v) is 6.81. The van der Waals surface area contributed by atoms with Gasteiger partial charge in [-0.15, -0.1) is 0 Å². The summed E-state index contributed by atoms with van der Waals surface area (Å²) in [4.78, 5) is 13.2. The Morgan fingerprint density at radius 2 is 1.84 bits per heavy atom. The first-order valence-electron chi connectivity index (χ1n) is 6.81. The molecule has 1 heterocycles. The van der Waals surface area contributed by atoms with Crippen molar-refractivity contribution in [3.05, 3.63) is 35.4 Å². The van der Waals surface area contributed by atoms with Crippen molar-refractivity contribution in [3.8, 4) is 0 Å². The predicted octanol–water partition coefficient (Wildman–Crippen LogP) is 2.15. The zero-order chi connectivity index (χ0) is 13.8. The summed E-state index contributed by atoms with van der Waals surface area (Å²) < 4.78 is 0. The Labute approximate surface area is 113 Å². The van der Waals surface area contributed by atoms with Gasteiger partial charge >= 0.3 is 5.97 Å². The van der Waals surface area contributed by atoms with E-state index in [9.17, 15) is 9.90 Å². The number of hydrogen-bond acceptors (Lipinski definition) is 3. The molecule has 0 amide bonds. The van der Waals surface area contributed by atoms with Gasteiger partial charge in [-0.3, -0.25) is 0 Å². The van der Waals surface area contributed by atoms with E-state index in [0.717, 1.165) is 25.2 Å². The van der Waals surface area contributed by atoms with Crippen molar-refractivity contribution in [2.45, 2.75) is 25.9 Å². The fourth-order valence-electron chi connectivity index (χ4n) is 2.62. The largest absolute Gasteiger partial charge is 0.478 e. The highest BCUT2D eigenvalue weighted by Crippen LogP contribution is 2.24. The van der Waals surface area contributed by atoms with E-state index in [1.165, 1.54) is 12.8 Å². The fraction of sp³-hybridized carbons (Fsp3) is 0.533. The molecule has 0 radical (unpaired) electrons. The van der Waals surface area contributed by atoms with Crippen LogP contribution in [0.4, 0.5) is 0 Å². The molecule has 4 heteroatoms. The van der Waals surface area contributed by atoms with Crippen LogP contribution in [0.5, 0.6) is 0 Å². The SMILES string of the molecule is C[C@H](CN1CCCC1)[C@@H](O)c1ccc(C(=O)O)cc1. The van der Waals surface area contributed by atoms with Crippen molar-refractivity contribution in [1.29, 1.82) is 0 Å². The second-order valence-electron chi connectivity index (χ2n) is 5.36. The lowest BCUT2D eigenvalue weighted by Crippen LogP contribution is -2.28. The van der Waals surface area contributed by atoms with E-state index in [4.69, 9.17) is 5.11 Å². The Hall–Kier alpha value is -1.39. The number of benzene rings is 1. The molecule has 1 fully saturated rings. The number of carboxylic acid groups (broad SMARTS) is 1. The Morgan fingerprint density at radius 3 is 2.37 bits per heavy atom. The molecule has 4 nitrogen and oxygen atoms in total. The van der Waals surface area contributed by atoms with E-state index in [2.05, 4.69) is 4.90 Å². The molecule has 0 spiro atoms. The standard InChI is InChI=1S/C15H21NO3/c1-11(10-16-8-2-3-9-16)14(17)12-4-6-13(7-5-12)15(18)19/h4-7,11,14,17H,2-3,8-10H2,1H3,(H,18,19)/t11-,14-/m1/s1. The molecule has 1 saturated heterocycles. The highest BCUT2D eigenvalue weighted by Gasteiger charge is 2.21. The number of nitrogens with zero attached hydrogens (tertiary/aromatic N) is 1. The zero-order valence-electron chi connectivity index (χ0n) is 11.2. The smallest absolute Gasteiger partial charge is 0.335 e. The molecular weight excluding hydrogens is 242 g/mol. The summed E-state index contributed by atoms with van der Waals surface area (Å²) >= 11 is 0. The van der Waals surface area contributed by atoms with Crippen LogP contribution in [-0.4, -0.2) is 40.7 Å². The minimum Gasteiger partial charge on any atom is -0.478 e. The van der Waals surface area contributed by atoms with Crippen molar-refractivity contribution >= 4 is 5.97 Å². The van der Waals surface area contributed by atoms with Crippen LogP contribution >= 0.6 is 0 Å². The average molecular weight is 263 g/mol. The topological polar surface area (TPSA) is 60.8 Å². The van der Waals surface area contributed by atoms with Crippen LogP contribution in [0.15, 0.2) is 24.3 Å². The Bertz CT molecular complexity index is 424. The first-order chi connectivity index (χ1) is 9.08. The Kier molecular flexibility index (Phi) is 4.56. The normalized spacial score (nSPS) is 19.3. The summed E-state index contributed by atoms with van der Waals surface area (Å²) in [6.45, 7) is 5.17. The summed E-state index contributed by atoms with van der Waals surface area (Å²) in [6.07, 6.45) is 1.95. The molecule has 1 aromatic rings. The van der Waals surface area contributed by atoms with Crippen LogP contribution in [0.25, 0.3) is 0 Å². The number of aromatic carboxylic acids is 1. The molecule has 1 aromatic carbocycles. The van der Waals surface area contributed by atoms with Crippen LogP contribution in [0, 0.1) is 5.92 Å². The second kappa shape index (κ2) is 6.17. The van der Waals surface area contributed by atoms with Crippen molar-refractivity contribution in [3.63, 3.8) is 0 Å². The predicted molar refractivity (Wildman–Crippen MR) is 73.2 cm³/mol. The van der Waals surface area contributed by atoms with Crippen LogP contribution in [0.2, 0.25) is 0 Å². The van der Waals surface area contributed by atoms with Gasteiger partial charge in [0.25, 0.3) is 0 Å². The van der Waals surface area contributed by atoms with E-state index < -0.39 is 12.1 Å². The molecule has 0 unspecified atom stereocenters. The number of rotatable bonds is 5. The first kappa shape index (κ1) is 14.0. The molecule has 2 N–H and O–H groups in total. The van der Waals surface area contributed by atoms with Gasteiger partial charge in [-0.05, 0) is 49.5 Å². The van der Waals surface area contributed by atoms with E-state index in [1.54, 1.807) is 24.3 Å². The lowest BCUT2D eigenvalue weighted by Gasteiger charge is -2.24. The van der Waals surface area contributed by atoms with E-state index in [0.29, 0.717) is 0 Å². The second-order valence-corrected chi connectivity index (χ2v) is 5.36. The maximum atomic E-state index is 10.8. The third kappa shape index (κ3) is 3.55. The number of carboxylic acids is 1. The number of aliphatic hydroxyl groups is 1. The van der Waals surface area contributed by atoms with Crippen LogP contribution in [-0.2, 0) is 0 Å². The van der Waals surface area contributed by atoms with Gasteiger partial charge in [0.2, 0.25) is 0 Å². The summed E-state index contributed by atoms with van der Waals surface area (Å²) in [5, 5.41) is 19.1. The van der Waals surface area contributed by atoms with Crippen LogP contribution < -0.4 is 0 Å². The molecule has 0 aromatic heterocycles. The number of hydrogen-bond donors (Lipinski definition) is 2. The summed E-state index contributed by atoms with van der Waals surface area (Å²) in [7, 11) is 0. The molecule has 2 rings (SSSR count). The molecule has 1 aliphatic rings. The molecule has 19 heavy (non-hydrogen) atoms. The molecule has 2 atom stereocenters. The van der Waals surface area contributed by atoms with Crippen LogP contribution in [0.1, 0.15) is 41.8 Å². The van der Waals surface area contributed by atoms with Gasteiger partial charge in [0.15, 0.2) is 0 Å². The molecule has 1 aliphatic heterocycles. The van der Waals surface area contributed by atoms with Gasteiger partial charge in [0.05, 0.1) is 11.7 Å². The maximum absolute atomic E-state index is 10.8. The number of aliphatic hydroxyl groups excluding tert-OH is 1. The van der Waals surface area contributed by atoms with Crippen molar-refractivity contribution in [1.82, 2.24) is 4.90 Å². The van der Waals surface area contributed by atoms with Crippen molar-refractivity contribution in [2.75, 3.05) is 19.6 Å². The van der Waals surface area contributed by atoms with E-state index in [-0.39, 0.29) is 11.5 Å². The minimum atomic E-state index is -0.939. The Morgan fingerprint density at radius 1 is 1.26 bits per heavy atom. The summed E-state index contributed by atoms with van der Waals surface area (Å²) in [6, 6.07) is 6.50. The van der Waals surface area contributed by atoms with Crippen molar-refractivity contribution < 1.29 is 15.0 Å². The quantitative estimate of drug-likeness (QED) is 0.854. The minimum absolute atomic E-state index is 0.147. The summed E-state index contributed by atoms with van der Waals surface area (Å²) in [5.41, 5.74) is 1.04. The summed E-state index contributed by atoms with van der Waals surface area (Å²) in [5.74, 6) is -0.792. The molecule has 0 saturated carbocycles. The lowest BCUT2D eigenvalue weighted by atomic mass is 9.96. The van der Waals surface area contributed by atoms with Gasteiger partial charge in [-0.1, -0.05) is 19.1 Å².